The van der Waals surface area contributed by atoms with Crippen molar-refractivity contribution in [3.8, 4) is 33.5 Å². The molecule has 0 radical (unpaired) electrons. The van der Waals surface area contributed by atoms with Gasteiger partial charge in [-0.15, -0.1) is 0 Å². The molecular weight excluding hydrogens is 787 g/mol. The van der Waals surface area contributed by atoms with E-state index in [-0.39, 0.29) is 60.0 Å². The highest BCUT2D eigenvalue weighted by molar-refractivity contribution is 5.88. The molecule has 2 aromatic heterocycles. The molecule has 3 atom stereocenters. The highest BCUT2D eigenvalue weighted by atomic mass is 19.3. The van der Waals surface area contributed by atoms with Crippen LogP contribution in [0.4, 0.5) is 18.4 Å². The first-order valence-electron chi connectivity index (χ1n) is 20.7. The number of nitrogens with one attached hydrogen (secondary N) is 4. The molecule has 318 valence electrons. The second kappa shape index (κ2) is 15.0. The molecule has 5 aromatic rings. The second-order valence-electron chi connectivity index (χ2n) is 17.1. The number of carbonyl (C=O) groups excluding carboxylic acids is 4. The Bertz CT molecular complexity index is 2580. The smallest absolute Gasteiger partial charge is 0.407 e. The van der Waals surface area contributed by atoms with Crippen LogP contribution in [0.2, 0.25) is 0 Å². The van der Waals surface area contributed by atoms with E-state index < -0.39 is 23.6 Å². The molecule has 3 fully saturated rings. The van der Waals surface area contributed by atoms with E-state index >= 15 is 8.78 Å². The SMILES string of the molecule is CCC1(c2nc3ccc(-c4ccc5c(c4)C(F)(F)c4cc(-c6cnc(CN(CC7(C)CC7)C(=O)CNC(=O)OC)[nH]6)ccc4-5)cc3[nH]2)C2CCC(C2)N1C(=O)CNC(=O)OC. The largest absolute Gasteiger partial charge is 0.453 e. The number of benzene rings is 3. The molecule has 14 nitrogen and oxygen atoms in total. The molecule has 1 aliphatic heterocycles. The van der Waals surface area contributed by atoms with Gasteiger partial charge in [0.05, 0.1) is 43.7 Å². The first-order chi connectivity index (χ1) is 29.3. The third-order valence-electron chi connectivity index (χ3n) is 13.4. The van der Waals surface area contributed by atoms with Gasteiger partial charge in [0.25, 0.3) is 5.92 Å². The minimum atomic E-state index is -3.28. The van der Waals surface area contributed by atoms with Gasteiger partial charge < -0.3 is 39.9 Å². The number of nitrogens with zero attached hydrogens (tertiary/aromatic N) is 4. The number of aromatic nitrogens is 4. The minimum Gasteiger partial charge on any atom is -0.453 e. The van der Waals surface area contributed by atoms with E-state index in [2.05, 4.69) is 48.9 Å². The summed E-state index contributed by atoms with van der Waals surface area (Å²) in [4.78, 5) is 70.0. The number of alkyl carbamates (subject to hydrolysis) is 2. The van der Waals surface area contributed by atoms with Crippen molar-refractivity contribution in [1.29, 1.82) is 0 Å². The summed E-state index contributed by atoms with van der Waals surface area (Å²) in [6.07, 6.45) is 5.53. The van der Waals surface area contributed by atoms with Crippen LogP contribution in [0.1, 0.15) is 75.1 Å². The van der Waals surface area contributed by atoms with Crippen LogP contribution in [0.25, 0.3) is 44.5 Å². The fraction of sp³-hybridized carbons (Fsp3) is 0.422. The van der Waals surface area contributed by atoms with Gasteiger partial charge in [-0.25, -0.2) is 19.6 Å². The quantitative estimate of drug-likeness (QED) is 0.102. The number of fused-ring (bicyclic) bond motifs is 6. The Labute approximate surface area is 350 Å². The number of methoxy groups -OCH3 is 2. The van der Waals surface area contributed by atoms with Crippen LogP contribution in [0.15, 0.2) is 60.8 Å². The van der Waals surface area contributed by atoms with Crippen LogP contribution >= 0.6 is 0 Å². The highest BCUT2D eigenvalue weighted by Gasteiger charge is 2.59. The number of alkyl halides is 2. The number of H-pyrrole nitrogens is 2. The van der Waals surface area contributed by atoms with Gasteiger partial charge in [0, 0.05) is 29.3 Å². The number of likely N-dealkylation sites (tertiary alicyclic amines) is 1. The van der Waals surface area contributed by atoms with Crippen molar-refractivity contribution in [1.82, 2.24) is 40.4 Å². The Hall–Kier alpha value is -6.32. The van der Waals surface area contributed by atoms with Gasteiger partial charge in [0.2, 0.25) is 11.8 Å². The monoisotopic (exact) mass is 834 g/mol. The van der Waals surface area contributed by atoms with Crippen molar-refractivity contribution < 1.29 is 37.4 Å². The normalized spacial score (nSPS) is 21.2. The van der Waals surface area contributed by atoms with Gasteiger partial charge >= 0.3 is 12.2 Å². The number of rotatable bonds is 12. The summed E-state index contributed by atoms with van der Waals surface area (Å²) in [5.74, 6) is -2.38. The molecule has 2 bridgehead atoms. The van der Waals surface area contributed by atoms with Crippen molar-refractivity contribution in [3.05, 3.63) is 83.6 Å². The summed E-state index contributed by atoms with van der Waals surface area (Å²) in [6.45, 7) is 4.40. The summed E-state index contributed by atoms with van der Waals surface area (Å²) in [5.41, 5.74) is 3.91. The van der Waals surface area contributed by atoms with Crippen molar-refractivity contribution in [2.45, 2.75) is 76.4 Å². The zero-order valence-electron chi connectivity index (χ0n) is 34.5. The van der Waals surface area contributed by atoms with Crippen molar-refractivity contribution in [2.24, 2.45) is 11.3 Å². The maximum Gasteiger partial charge on any atom is 0.407 e. The van der Waals surface area contributed by atoms with Gasteiger partial charge in [0.15, 0.2) is 0 Å². The molecule has 2 saturated carbocycles. The predicted octanol–water partition coefficient (Wildman–Crippen LogP) is 7.20. The Morgan fingerprint density at radius 3 is 2.23 bits per heavy atom. The molecule has 3 heterocycles. The first-order valence-corrected chi connectivity index (χ1v) is 20.7. The summed E-state index contributed by atoms with van der Waals surface area (Å²) in [5, 5.41) is 4.98. The predicted molar refractivity (Wildman–Crippen MR) is 221 cm³/mol. The van der Waals surface area contributed by atoms with E-state index in [1.54, 1.807) is 35.4 Å². The lowest BCUT2D eigenvalue weighted by molar-refractivity contribution is -0.141. The van der Waals surface area contributed by atoms with Gasteiger partial charge in [-0.1, -0.05) is 44.2 Å². The van der Waals surface area contributed by atoms with E-state index in [4.69, 9.17) is 4.98 Å². The number of halogens is 2. The number of aromatic amines is 2. The zero-order valence-corrected chi connectivity index (χ0v) is 34.5. The Kier molecular flexibility index (Phi) is 9.86. The van der Waals surface area contributed by atoms with Crippen LogP contribution in [0, 0.1) is 11.3 Å². The van der Waals surface area contributed by atoms with Crippen LogP contribution in [-0.4, -0.2) is 93.6 Å². The molecule has 1 saturated heterocycles. The van der Waals surface area contributed by atoms with E-state index in [0.29, 0.717) is 58.1 Å². The molecule has 3 unspecified atom stereocenters. The molecule has 4 amide bonds. The van der Waals surface area contributed by atoms with Crippen molar-refractivity contribution in [3.63, 3.8) is 0 Å². The maximum absolute atomic E-state index is 16.5. The third kappa shape index (κ3) is 6.94. The number of hydrogen-bond acceptors (Lipinski definition) is 8. The average molecular weight is 835 g/mol. The Balaban J connectivity index is 0.954. The standard InChI is InChI=1S/C45H48F2N8O6/c1-5-44(28-9-10-29(19-28)55(44)39(57)22-50-42(59)61-4)40-52-34-13-8-26(18-35(34)53-40)25-6-11-30-31-12-7-27(17-33(31)45(46,47)32(30)16-25)36-20-48-37(51-36)23-54(24-43(2)14-15-43)38(56)21-49-41(58)60-3/h6-8,11-13,16-18,20,28-29H,5,9-10,14-15,19,21-24H2,1-4H3,(H,48,51)(H,49,58)(H,50,59)(H,52,53). The van der Waals surface area contributed by atoms with Crippen LogP contribution in [0.5, 0.6) is 0 Å². The summed E-state index contributed by atoms with van der Waals surface area (Å²) < 4.78 is 42.3. The van der Waals surface area contributed by atoms with E-state index in [1.165, 1.54) is 20.3 Å². The average Bonchev–Trinajstić information content (AvgIpc) is 3.83. The number of imidazole rings is 2. The molecule has 61 heavy (non-hydrogen) atoms. The van der Waals surface area contributed by atoms with Gasteiger partial charge in [0.1, 0.15) is 30.3 Å². The topological polar surface area (TPSA) is 175 Å². The van der Waals surface area contributed by atoms with Crippen molar-refractivity contribution in [2.75, 3.05) is 33.9 Å². The van der Waals surface area contributed by atoms with Crippen LogP contribution in [0.3, 0.4) is 0 Å². The van der Waals surface area contributed by atoms with Crippen LogP contribution in [-0.2, 0) is 37.1 Å². The lowest BCUT2D eigenvalue weighted by atomic mass is 9.79. The molecule has 4 aliphatic rings. The fourth-order valence-electron chi connectivity index (χ4n) is 9.94. The number of ether oxygens (including phenoxy) is 2. The van der Waals surface area contributed by atoms with Crippen molar-refractivity contribution >= 4 is 35.0 Å². The molecule has 4 N–H and O–H groups in total. The van der Waals surface area contributed by atoms with E-state index in [1.807, 2.05) is 29.2 Å². The molecule has 16 heteroatoms. The Morgan fingerprint density at radius 2 is 1.54 bits per heavy atom. The molecule has 0 spiro atoms. The summed E-state index contributed by atoms with van der Waals surface area (Å²) in [7, 11) is 2.49. The fourth-order valence-corrected chi connectivity index (χ4v) is 9.94. The van der Waals surface area contributed by atoms with Crippen LogP contribution < -0.4 is 10.6 Å². The number of hydrogen-bond donors (Lipinski definition) is 4. The molecule has 3 aromatic carbocycles. The summed E-state index contributed by atoms with van der Waals surface area (Å²) >= 11 is 0. The number of carbonyl (C=O) groups is 4. The molecule has 9 rings (SSSR count). The highest BCUT2D eigenvalue weighted by Crippen LogP contribution is 2.56. The zero-order chi connectivity index (χ0) is 42.8. The third-order valence-corrected chi connectivity index (χ3v) is 13.4. The molecule has 3 aliphatic carbocycles. The maximum atomic E-state index is 16.5. The second-order valence-corrected chi connectivity index (χ2v) is 17.1. The molecular formula is C45H48F2N8O6. The van der Waals surface area contributed by atoms with Gasteiger partial charge in [-0.2, -0.15) is 8.78 Å². The lowest BCUT2D eigenvalue weighted by Crippen LogP contribution is -2.56. The number of piperidine rings is 1. The lowest BCUT2D eigenvalue weighted by Gasteiger charge is -2.45. The Morgan fingerprint density at radius 1 is 0.885 bits per heavy atom. The summed E-state index contributed by atoms with van der Waals surface area (Å²) in [6, 6.07) is 15.9. The van der Waals surface area contributed by atoms with E-state index in [9.17, 15) is 19.2 Å². The first kappa shape index (κ1) is 40.1. The van der Waals surface area contributed by atoms with Gasteiger partial charge in [-0.3, -0.25) is 9.59 Å². The van der Waals surface area contributed by atoms with Gasteiger partial charge in [-0.05, 0) is 96.4 Å². The number of amides is 4. The minimum absolute atomic E-state index is 0.00228. The van der Waals surface area contributed by atoms with E-state index in [0.717, 1.165) is 43.2 Å².